The smallest absolute Gasteiger partial charge is 0.123 e. The van der Waals surface area contributed by atoms with E-state index < -0.39 is 0 Å². The van der Waals surface area contributed by atoms with Gasteiger partial charge in [0.1, 0.15) is 5.82 Å². The molecule has 0 spiro atoms. The zero-order chi connectivity index (χ0) is 13.2. The standard InChI is InChI=1S/C17H24FN/c1-12-2-3-14(11-19-16-8-9-16)17(10-12)13-4-6-15(18)7-5-13/h4-7,12,14,16-17,19H,2-3,8-11H2,1H3. The van der Waals surface area contributed by atoms with Crippen LogP contribution in [0.5, 0.6) is 0 Å². The summed E-state index contributed by atoms with van der Waals surface area (Å²) in [6.07, 6.45) is 6.61. The maximum atomic E-state index is 13.1. The summed E-state index contributed by atoms with van der Waals surface area (Å²) < 4.78 is 13.1. The van der Waals surface area contributed by atoms with Gasteiger partial charge in [-0.05, 0) is 67.7 Å². The average Bonchev–Trinajstić information content (AvgIpc) is 3.22. The lowest BCUT2D eigenvalue weighted by Gasteiger charge is -2.35. The third-order valence-corrected chi connectivity index (χ3v) is 4.80. The molecule has 1 nitrogen and oxygen atoms in total. The summed E-state index contributed by atoms with van der Waals surface area (Å²) in [6, 6.07) is 7.98. The maximum absolute atomic E-state index is 13.1. The second kappa shape index (κ2) is 5.62. The van der Waals surface area contributed by atoms with Gasteiger partial charge in [-0.15, -0.1) is 0 Å². The first kappa shape index (κ1) is 13.1. The van der Waals surface area contributed by atoms with Crippen molar-refractivity contribution in [1.29, 1.82) is 0 Å². The molecule has 3 rings (SSSR count). The highest BCUT2D eigenvalue weighted by atomic mass is 19.1. The van der Waals surface area contributed by atoms with E-state index in [1.54, 1.807) is 12.1 Å². The van der Waals surface area contributed by atoms with Crippen molar-refractivity contribution < 1.29 is 4.39 Å². The minimum atomic E-state index is -0.125. The Labute approximate surface area is 115 Å². The number of hydrogen-bond donors (Lipinski definition) is 1. The molecule has 2 fully saturated rings. The molecule has 1 aromatic rings. The van der Waals surface area contributed by atoms with Crippen LogP contribution >= 0.6 is 0 Å². The van der Waals surface area contributed by atoms with Crippen molar-refractivity contribution in [2.45, 2.75) is 51.0 Å². The number of rotatable bonds is 4. The Hall–Kier alpha value is -0.890. The van der Waals surface area contributed by atoms with Crippen molar-refractivity contribution >= 4 is 0 Å². The summed E-state index contributed by atoms with van der Waals surface area (Å²) in [5.74, 6) is 2.00. The molecule has 0 saturated heterocycles. The van der Waals surface area contributed by atoms with Crippen LogP contribution in [0.25, 0.3) is 0 Å². The third-order valence-electron chi connectivity index (χ3n) is 4.80. The first-order chi connectivity index (χ1) is 9.22. The van der Waals surface area contributed by atoms with Crippen LogP contribution in [0.3, 0.4) is 0 Å². The second-order valence-corrected chi connectivity index (χ2v) is 6.52. The Morgan fingerprint density at radius 1 is 1.11 bits per heavy atom. The molecule has 2 aliphatic carbocycles. The molecule has 104 valence electrons. The Balaban J connectivity index is 1.70. The molecule has 3 unspecified atom stereocenters. The highest BCUT2D eigenvalue weighted by Gasteiger charge is 2.31. The van der Waals surface area contributed by atoms with Crippen LogP contribution in [0.2, 0.25) is 0 Å². The summed E-state index contributed by atoms with van der Waals surface area (Å²) in [6.45, 7) is 3.49. The van der Waals surface area contributed by atoms with Gasteiger partial charge in [0.05, 0.1) is 0 Å². The lowest BCUT2D eigenvalue weighted by atomic mass is 9.71. The topological polar surface area (TPSA) is 12.0 Å². The van der Waals surface area contributed by atoms with E-state index in [1.807, 2.05) is 12.1 Å². The van der Waals surface area contributed by atoms with Crippen molar-refractivity contribution in [2.75, 3.05) is 6.54 Å². The first-order valence-corrected chi connectivity index (χ1v) is 7.71. The molecule has 0 radical (unpaired) electrons. The van der Waals surface area contributed by atoms with Crippen LogP contribution in [0.1, 0.15) is 50.5 Å². The zero-order valence-corrected chi connectivity index (χ0v) is 11.7. The van der Waals surface area contributed by atoms with Gasteiger partial charge in [-0.1, -0.05) is 25.5 Å². The Kier molecular flexibility index (Phi) is 3.88. The maximum Gasteiger partial charge on any atom is 0.123 e. The number of halogens is 1. The van der Waals surface area contributed by atoms with Gasteiger partial charge in [-0.25, -0.2) is 4.39 Å². The molecule has 1 aromatic carbocycles. The summed E-state index contributed by atoms with van der Waals surface area (Å²) in [4.78, 5) is 0. The van der Waals surface area contributed by atoms with Gasteiger partial charge in [0.2, 0.25) is 0 Å². The lowest BCUT2D eigenvalue weighted by Crippen LogP contribution is -2.32. The minimum absolute atomic E-state index is 0.125. The molecule has 0 amide bonds. The predicted molar refractivity (Wildman–Crippen MR) is 76.7 cm³/mol. The fraction of sp³-hybridized carbons (Fsp3) is 0.647. The molecule has 0 aliphatic heterocycles. The molecular formula is C17H24FN. The molecule has 2 saturated carbocycles. The van der Waals surface area contributed by atoms with Crippen molar-refractivity contribution in [2.24, 2.45) is 11.8 Å². The van der Waals surface area contributed by atoms with Crippen LogP contribution in [0, 0.1) is 17.7 Å². The van der Waals surface area contributed by atoms with E-state index in [0.717, 1.165) is 24.4 Å². The summed E-state index contributed by atoms with van der Waals surface area (Å²) >= 11 is 0. The molecular weight excluding hydrogens is 237 g/mol. The van der Waals surface area contributed by atoms with Gasteiger partial charge in [-0.3, -0.25) is 0 Å². The Morgan fingerprint density at radius 2 is 1.84 bits per heavy atom. The van der Waals surface area contributed by atoms with Crippen molar-refractivity contribution in [3.05, 3.63) is 35.6 Å². The number of benzene rings is 1. The number of hydrogen-bond acceptors (Lipinski definition) is 1. The average molecular weight is 261 g/mol. The normalized spacial score (nSPS) is 31.4. The van der Waals surface area contributed by atoms with E-state index >= 15 is 0 Å². The fourth-order valence-electron chi connectivity index (χ4n) is 3.41. The minimum Gasteiger partial charge on any atom is -0.314 e. The van der Waals surface area contributed by atoms with E-state index in [1.165, 1.54) is 37.7 Å². The molecule has 2 aliphatic rings. The highest BCUT2D eigenvalue weighted by molar-refractivity contribution is 5.22. The van der Waals surface area contributed by atoms with Gasteiger partial charge in [-0.2, -0.15) is 0 Å². The first-order valence-electron chi connectivity index (χ1n) is 7.71. The van der Waals surface area contributed by atoms with Crippen LogP contribution in [-0.2, 0) is 0 Å². The molecule has 0 aromatic heterocycles. The van der Waals surface area contributed by atoms with Crippen LogP contribution in [0.15, 0.2) is 24.3 Å². The van der Waals surface area contributed by atoms with Gasteiger partial charge in [0.15, 0.2) is 0 Å². The summed E-state index contributed by atoms with van der Waals surface area (Å²) in [5.41, 5.74) is 1.33. The van der Waals surface area contributed by atoms with Gasteiger partial charge in [0, 0.05) is 6.04 Å². The van der Waals surface area contributed by atoms with Crippen molar-refractivity contribution in [1.82, 2.24) is 5.32 Å². The van der Waals surface area contributed by atoms with Crippen LogP contribution in [-0.4, -0.2) is 12.6 Å². The molecule has 2 heteroatoms. The molecule has 19 heavy (non-hydrogen) atoms. The van der Waals surface area contributed by atoms with E-state index in [-0.39, 0.29) is 5.82 Å². The summed E-state index contributed by atoms with van der Waals surface area (Å²) in [7, 11) is 0. The predicted octanol–water partition coefficient (Wildman–Crippen LogP) is 4.10. The highest BCUT2D eigenvalue weighted by Crippen LogP contribution is 2.40. The molecule has 0 bridgehead atoms. The van der Waals surface area contributed by atoms with Gasteiger partial charge >= 0.3 is 0 Å². The van der Waals surface area contributed by atoms with Crippen molar-refractivity contribution in [3.8, 4) is 0 Å². The Morgan fingerprint density at radius 3 is 2.53 bits per heavy atom. The van der Waals surface area contributed by atoms with E-state index in [9.17, 15) is 4.39 Å². The van der Waals surface area contributed by atoms with E-state index in [2.05, 4.69) is 12.2 Å². The molecule has 1 N–H and O–H groups in total. The zero-order valence-electron chi connectivity index (χ0n) is 11.7. The largest absolute Gasteiger partial charge is 0.314 e. The second-order valence-electron chi connectivity index (χ2n) is 6.52. The van der Waals surface area contributed by atoms with Gasteiger partial charge in [0.25, 0.3) is 0 Å². The van der Waals surface area contributed by atoms with Crippen molar-refractivity contribution in [3.63, 3.8) is 0 Å². The SMILES string of the molecule is CC1CCC(CNC2CC2)C(c2ccc(F)cc2)C1. The lowest BCUT2D eigenvalue weighted by molar-refractivity contribution is 0.241. The fourth-order valence-corrected chi connectivity index (χ4v) is 3.41. The van der Waals surface area contributed by atoms with Crippen LogP contribution < -0.4 is 5.32 Å². The quantitative estimate of drug-likeness (QED) is 0.860. The molecule has 0 heterocycles. The van der Waals surface area contributed by atoms with Gasteiger partial charge < -0.3 is 5.32 Å². The molecule has 3 atom stereocenters. The number of nitrogens with one attached hydrogen (secondary N) is 1. The third kappa shape index (κ3) is 3.36. The monoisotopic (exact) mass is 261 g/mol. The van der Waals surface area contributed by atoms with E-state index in [4.69, 9.17) is 0 Å². The Bertz CT molecular complexity index is 410. The van der Waals surface area contributed by atoms with E-state index in [0.29, 0.717) is 5.92 Å². The van der Waals surface area contributed by atoms with Crippen LogP contribution in [0.4, 0.5) is 4.39 Å². The summed E-state index contributed by atoms with van der Waals surface area (Å²) in [5, 5.41) is 3.68.